The number of fused-ring (bicyclic) bond motifs is 2. The molecule has 0 atom stereocenters. The minimum absolute atomic E-state index is 0. The van der Waals surface area contributed by atoms with E-state index < -0.39 is 42.8 Å². The van der Waals surface area contributed by atoms with Gasteiger partial charge in [0.2, 0.25) is 0 Å². The summed E-state index contributed by atoms with van der Waals surface area (Å²) < 4.78 is 69.3. The number of anilines is 2. The third kappa shape index (κ3) is 8.48. The van der Waals surface area contributed by atoms with Gasteiger partial charge in [0, 0.05) is 11.1 Å². The SMILES string of the molecule is CC1(C)C=C(CS(=O)(=O)[O-])c2cc(Cc3cc(O)c4c(c3)C(CS(=O)(=O)[O-])=CC(C)(C)N4)cc(O)c2N1.[Na+].[Na+]. The molecule has 2 aliphatic heterocycles. The van der Waals surface area contributed by atoms with E-state index in [1.165, 1.54) is 12.1 Å². The van der Waals surface area contributed by atoms with E-state index in [9.17, 15) is 36.2 Å². The Balaban J connectivity index is 0.00000267. The van der Waals surface area contributed by atoms with Gasteiger partial charge in [-0.25, -0.2) is 16.8 Å². The van der Waals surface area contributed by atoms with Crippen LogP contribution in [-0.4, -0.2) is 58.7 Å². The number of aromatic hydroxyl groups is 2. The van der Waals surface area contributed by atoms with Crippen LogP contribution in [0.25, 0.3) is 11.1 Å². The number of hydrogen-bond acceptors (Lipinski definition) is 10. The number of hydrogen-bond donors (Lipinski definition) is 4. The predicted molar refractivity (Wildman–Crippen MR) is 140 cm³/mol. The van der Waals surface area contributed by atoms with Crippen LogP contribution in [-0.2, 0) is 26.7 Å². The fourth-order valence-electron chi connectivity index (χ4n) is 4.94. The van der Waals surface area contributed by atoms with Gasteiger partial charge in [0.25, 0.3) is 0 Å². The van der Waals surface area contributed by atoms with Gasteiger partial charge in [0.15, 0.2) is 0 Å². The first-order valence-electron chi connectivity index (χ1n) is 11.4. The average molecular weight is 595 g/mol. The maximum Gasteiger partial charge on any atom is 1.00 e. The molecule has 0 saturated carbocycles. The van der Waals surface area contributed by atoms with Crippen LogP contribution in [0, 0.1) is 0 Å². The van der Waals surface area contributed by atoms with Crippen molar-refractivity contribution < 1.29 is 95.3 Å². The smallest absolute Gasteiger partial charge is 0.748 e. The molecule has 14 heteroatoms. The van der Waals surface area contributed by atoms with E-state index in [0.29, 0.717) is 33.6 Å². The summed E-state index contributed by atoms with van der Waals surface area (Å²) in [5.74, 6) is -1.77. The summed E-state index contributed by atoms with van der Waals surface area (Å²) in [6.45, 7) is 7.11. The van der Waals surface area contributed by atoms with Crippen LogP contribution in [0.5, 0.6) is 11.5 Å². The minimum Gasteiger partial charge on any atom is -0.748 e. The Labute approximate surface area is 273 Å². The summed E-state index contributed by atoms with van der Waals surface area (Å²) in [5.41, 5.74) is 1.57. The van der Waals surface area contributed by atoms with Crippen LogP contribution < -0.4 is 69.7 Å². The summed E-state index contributed by atoms with van der Waals surface area (Å²) in [7, 11) is -9.19. The molecule has 10 nitrogen and oxygen atoms in total. The third-order valence-electron chi connectivity index (χ3n) is 6.08. The van der Waals surface area contributed by atoms with E-state index in [2.05, 4.69) is 10.6 Å². The standard InChI is InChI=1S/C25H30N2O8S2.2Na/c1-24(2)10-16(12-36(30,31)32)18-6-14(8-20(28)22(18)26-24)5-15-7-19-17(13-37(33,34)35)11-25(3,4)27-23(19)21(29)9-15;;/h6-11,26-29H,5,12-13H2,1-4H3,(H,30,31,32)(H,33,34,35);;/q;2*+1/p-2. The molecule has 39 heavy (non-hydrogen) atoms. The van der Waals surface area contributed by atoms with E-state index in [4.69, 9.17) is 0 Å². The first kappa shape index (κ1) is 34.1. The van der Waals surface area contributed by atoms with Gasteiger partial charge in [-0.1, -0.05) is 12.2 Å². The van der Waals surface area contributed by atoms with E-state index in [1.807, 2.05) is 0 Å². The van der Waals surface area contributed by atoms with Gasteiger partial charge in [-0.2, -0.15) is 0 Å². The molecule has 2 aromatic rings. The molecule has 0 saturated heterocycles. The molecule has 200 valence electrons. The van der Waals surface area contributed by atoms with E-state index >= 15 is 0 Å². The Hall–Kier alpha value is -1.06. The van der Waals surface area contributed by atoms with Crippen LogP contribution in [0.15, 0.2) is 36.4 Å². The van der Waals surface area contributed by atoms with Gasteiger partial charge < -0.3 is 30.0 Å². The van der Waals surface area contributed by atoms with Gasteiger partial charge in [0.05, 0.1) is 54.2 Å². The quantitative estimate of drug-likeness (QED) is 0.153. The Bertz CT molecular complexity index is 1460. The molecule has 2 aliphatic rings. The Morgan fingerprint density at radius 1 is 0.692 bits per heavy atom. The summed E-state index contributed by atoms with van der Waals surface area (Å²) >= 11 is 0. The molecule has 0 aromatic heterocycles. The van der Waals surface area contributed by atoms with Crippen LogP contribution in [0.1, 0.15) is 49.9 Å². The number of benzene rings is 2. The molecular weight excluding hydrogens is 566 g/mol. The first-order chi connectivity index (χ1) is 16.8. The number of nitrogens with one attached hydrogen (secondary N) is 2. The summed E-state index contributed by atoms with van der Waals surface area (Å²) in [6, 6.07) is 6.30. The van der Waals surface area contributed by atoms with Gasteiger partial charge in [0.1, 0.15) is 11.5 Å². The van der Waals surface area contributed by atoms with Crippen molar-refractivity contribution in [3.05, 3.63) is 58.7 Å². The third-order valence-corrected chi connectivity index (χ3v) is 7.41. The summed E-state index contributed by atoms with van der Waals surface area (Å²) in [4.78, 5) is 0. The van der Waals surface area contributed by atoms with Gasteiger partial charge >= 0.3 is 59.1 Å². The monoisotopic (exact) mass is 594 g/mol. The van der Waals surface area contributed by atoms with Gasteiger partial charge in [-0.3, -0.25) is 0 Å². The van der Waals surface area contributed by atoms with Crippen molar-refractivity contribution in [3.63, 3.8) is 0 Å². The molecular formula is C25H28N2Na2O8S2. The van der Waals surface area contributed by atoms with Crippen LogP contribution >= 0.6 is 0 Å². The van der Waals surface area contributed by atoms with Crippen molar-refractivity contribution in [1.82, 2.24) is 0 Å². The summed E-state index contributed by atoms with van der Waals surface area (Å²) in [6.07, 6.45) is 3.43. The van der Waals surface area contributed by atoms with Gasteiger partial charge in [-0.15, -0.1) is 0 Å². The zero-order valence-corrected chi connectivity index (χ0v) is 28.4. The van der Waals surface area contributed by atoms with E-state index in [1.54, 1.807) is 52.0 Å². The Morgan fingerprint density at radius 3 is 1.33 bits per heavy atom. The molecule has 0 fully saturated rings. The van der Waals surface area contributed by atoms with Gasteiger partial charge in [-0.05, 0) is 80.7 Å². The number of phenols is 2. The Morgan fingerprint density at radius 2 is 1.03 bits per heavy atom. The largest absolute Gasteiger partial charge is 1.00 e. The summed E-state index contributed by atoms with van der Waals surface area (Å²) in [5, 5.41) is 27.8. The maximum absolute atomic E-state index is 11.5. The molecule has 2 aromatic carbocycles. The molecule has 0 aliphatic carbocycles. The fourth-order valence-corrected chi connectivity index (χ4v) is 6.18. The topological polar surface area (TPSA) is 179 Å². The van der Waals surface area contributed by atoms with Crippen LogP contribution in [0.4, 0.5) is 11.4 Å². The van der Waals surface area contributed by atoms with E-state index in [0.717, 1.165) is 0 Å². The number of phenolic OH excluding ortho intramolecular Hbond substituents is 2. The molecule has 4 rings (SSSR count). The molecule has 0 bridgehead atoms. The molecule has 0 unspecified atom stereocenters. The average Bonchev–Trinajstić information content (AvgIpc) is 2.66. The fraction of sp³-hybridized carbons (Fsp3) is 0.360. The Kier molecular flexibility index (Phi) is 10.2. The van der Waals surface area contributed by atoms with Crippen molar-refractivity contribution in [2.45, 2.75) is 45.2 Å². The molecule has 0 spiro atoms. The normalized spacial score (nSPS) is 17.1. The minimum atomic E-state index is -4.60. The zero-order chi connectivity index (χ0) is 27.6. The number of rotatable bonds is 6. The van der Waals surface area contributed by atoms with Crippen molar-refractivity contribution in [3.8, 4) is 11.5 Å². The zero-order valence-electron chi connectivity index (χ0n) is 22.7. The molecule has 4 N–H and O–H groups in total. The van der Waals surface area contributed by atoms with Crippen molar-refractivity contribution in [2.24, 2.45) is 0 Å². The van der Waals surface area contributed by atoms with Crippen molar-refractivity contribution in [2.75, 3.05) is 22.1 Å². The van der Waals surface area contributed by atoms with E-state index in [-0.39, 0.29) is 88.2 Å². The van der Waals surface area contributed by atoms with Crippen molar-refractivity contribution >= 4 is 42.8 Å². The van der Waals surface area contributed by atoms with Crippen LogP contribution in [0.3, 0.4) is 0 Å². The predicted octanol–water partition coefficient (Wildman–Crippen LogP) is -3.04. The second-order valence-electron chi connectivity index (χ2n) is 10.7. The molecule has 0 radical (unpaired) electrons. The molecule has 0 amide bonds. The second-order valence-corrected chi connectivity index (χ2v) is 13.5. The second kappa shape index (κ2) is 11.7. The maximum atomic E-state index is 11.5. The molecule has 2 heterocycles. The van der Waals surface area contributed by atoms with Crippen molar-refractivity contribution in [1.29, 1.82) is 0 Å². The first-order valence-corrected chi connectivity index (χ1v) is 14.6. The van der Waals surface area contributed by atoms with Crippen LogP contribution in [0.2, 0.25) is 0 Å².